The molecule has 0 spiro atoms. The van der Waals surface area contributed by atoms with E-state index in [-0.39, 0.29) is 36.1 Å². The molecule has 2 aromatic rings. The van der Waals surface area contributed by atoms with Gasteiger partial charge in [-0.2, -0.15) is 0 Å². The van der Waals surface area contributed by atoms with Crippen LogP contribution in [0.1, 0.15) is 18.9 Å². The van der Waals surface area contributed by atoms with Gasteiger partial charge in [-0.25, -0.2) is 0 Å². The topological polar surface area (TPSA) is 67.4 Å². The second-order valence-electron chi connectivity index (χ2n) is 7.00. The maximum absolute atomic E-state index is 12.5. The number of benzene rings is 2. The van der Waals surface area contributed by atoms with E-state index >= 15 is 0 Å². The molecule has 2 heterocycles. The molecule has 2 aliphatic heterocycles. The van der Waals surface area contributed by atoms with Gasteiger partial charge in [0.1, 0.15) is 11.5 Å². The van der Waals surface area contributed by atoms with E-state index in [0.717, 1.165) is 35.6 Å². The Morgan fingerprint density at radius 2 is 1.96 bits per heavy atom. The molecule has 6 heteroatoms. The van der Waals surface area contributed by atoms with Gasteiger partial charge >= 0.3 is 0 Å². The Kier molecular flexibility index (Phi) is 5.82. The predicted molar refractivity (Wildman–Crippen MR) is 108 cm³/mol. The van der Waals surface area contributed by atoms with Crippen LogP contribution in [0.3, 0.4) is 0 Å². The second-order valence-corrected chi connectivity index (χ2v) is 7.00. The third-order valence-electron chi connectivity index (χ3n) is 5.18. The largest absolute Gasteiger partial charge is 0.493 e. The molecule has 27 heavy (non-hydrogen) atoms. The number of rotatable bonds is 4. The van der Waals surface area contributed by atoms with Crippen LogP contribution < -0.4 is 15.4 Å². The number of halogens is 1. The molecule has 0 bridgehead atoms. The Balaban J connectivity index is 0.00000210. The number of carbonyl (C=O) groups excluding carboxylic acids is 2. The molecule has 2 aliphatic rings. The number of ether oxygens (including phenoxy) is 1. The first kappa shape index (κ1) is 19.4. The summed E-state index contributed by atoms with van der Waals surface area (Å²) in [4.78, 5) is 24.0. The van der Waals surface area contributed by atoms with E-state index in [9.17, 15) is 9.59 Å². The first-order valence-corrected chi connectivity index (χ1v) is 9.01. The van der Waals surface area contributed by atoms with Crippen molar-refractivity contribution in [3.05, 3.63) is 48.0 Å². The molecule has 142 valence electrons. The Labute approximate surface area is 164 Å². The molecule has 2 unspecified atom stereocenters. The van der Waals surface area contributed by atoms with E-state index < -0.39 is 0 Å². The van der Waals surface area contributed by atoms with Crippen LogP contribution in [-0.2, 0) is 16.0 Å². The Morgan fingerprint density at radius 3 is 2.74 bits per heavy atom. The minimum atomic E-state index is -0.315. The Morgan fingerprint density at radius 1 is 1.15 bits per heavy atom. The summed E-state index contributed by atoms with van der Waals surface area (Å²) in [5.74, 6) is 0.944. The van der Waals surface area contributed by atoms with Gasteiger partial charge in [-0.3, -0.25) is 9.59 Å². The van der Waals surface area contributed by atoms with Crippen molar-refractivity contribution in [3.63, 3.8) is 0 Å². The molecule has 0 saturated carbocycles. The van der Waals surface area contributed by atoms with Crippen LogP contribution in [-0.4, -0.2) is 30.9 Å². The minimum Gasteiger partial charge on any atom is -0.493 e. The van der Waals surface area contributed by atoms with Gasteiger partial charge < -0.3 is 15.4 Å². The molecule has 1 saturated heterocycles. The van der Waals surface area contributed by atoms with E-state index in [1.807, 2.05) is 36.4 Å². The zero-order valence-corrected chi connectivity index (χ0v) is 16.0. The monoisotopic (exact) mass is 386 g/mol. The van der Waals surface area contributed by atoms with Gasteiger partial charge in [0.15, 0.2) is 0 Å². The zero-order chi connectivity index (χ0) is 18.1. The Hall–Kier alpha value is -2.37. The quantitative estimate of drug-likeness (QED) is 0.846. The van der Waals surface area contributed by atoms with Crippen molar-refractivity contribution in [2.45, 2.75) is 25.8 Å². The maximum atomic E-state index is 12.5. The van der Waals surface area contributed by atoms with Gasteiger partial charge in [0.25, 0.3) is 0 Å². The van der Waals surface area contributed by atoms with Crippen LogP contribution in [0.15, 0.2) is 42.5 Å². The smallest absolute Gasteiger partial charge is 0.241 e. The average molecular weight is 387 g/mol. The van der Waals surface area contributed by atoms with Crippen molar-refractivity contribution in [2.75, 3.05) is 18.5 Å². The normalized spacial score (nSPS) is 20.3. The summed E-state index contributed by atoms with van der Waals surface area (Å²) in [5.41, 5.74) is 4.15. The number of amides is 1. The number of nitrogens with one attached hydrogen (secondary N) is 2. The van der Waals surface area contributed by atoms with Crippen LogP contribution in [0.5, 0.6) is 5.75 Å². The van der Waals surface area contributed by atoms with Crippen molar-refractivity contribution in [2.24, 2.45) is 5.92 Å². The summed E-state index contributed by atoms with van der Waals surface area (Å²) in [6.45, 7) is 2.90. The summed E-state index contributed by atoms with van der Waals surface area (Å²) in [6.07, 6.45) is 1.50. The second kappa shape index (κ2) is 8.11. The molecule has 0 aliphatic carbocycles. The maximum Gasteiger partial charge on any atom is 0.241 e. The molecule has 1 amide bonds. The van der Waals surface area contributed by atoms with Gasteiger partial charge in [-0.1, -0.05) is 18.2 Å². The van der Waals surface area contributed by atoms with E-state index in [2.05, 4.69) is 16.7 Å². The van der Waals surface area contributed by atoms with Crippen molar-refractivity contribution in [1.82, 2.24) is 5.32 Å². The van der Waals surface area contributed by atoms with Crippen molar-refractivity contribution in [1.29, 1.82) is 0 Å². The lowest BCUT2D eigenvalue weighted by atomic mass is 10.0. The number of Topliss-reactive ketones (excluding diaryl/α,β-unsaturated/α-hetero) is 1. The SMILES string of the molecule is CC(=O)C1CNC(C(=O)Nc2cccc(-c3ccc4c(c3)CCO4)c2)C1.Cl. The Bertz CT molecular complexity index is 868. The zero-order valence-electron chi connectivity index (χ0n) is 15.2. The number of carbonyl (C=O) groups is 2. The van der Waals surface area contributed by atoms with Crippen LogP contribution in [0.4, 0.5) is 5.69 Å². The number of fused-ring (bicyclic) bond motifs is 1. The lowest BCUT2D eigenvalue weighted by Gasteiger charge is -2.12. The van der Waals surface area contributed by atoms with Crippen LogP contribution >= 0.6 is 12.4 Å². The van der Waals surface area contributed by atoms with Crippen LogP contribution in [0, 0.1) is 5.92 Å². The summed E-state index contributed by atoms with van der Waals surface area (Å²) >= 11 is 0. The van der Waals surface area contributed by atoms with Crippen LogP contribution in [0.2, 0.25) is 0 Å². The van der Waals surface area contributed by atoms with E-state index in [1.54, 1.807) is 6.92 Å². The highest BCUT2D eigenvalue weighted by molar-refractivity contribution is 5.96. The molecular formula is C21H23ClN2O3. The van der Waals surface area contributed by atoms with Gasteiger partial charge in [0, 0.05) is 24.6 Å². The van der Waals surface area contributed by atoms with E-state index in [0.29, 0.717) is 13.0 Å². The lowest BCUT2D eigenvalue weighted by molar-refractivity contribution is -0.120. The standard InChI is InChI=1S/C21H22N2O3.ClH/c1-13(24)17-11-19(22-12-17)21(25)23-18-4-2-3-14(10-18)15-5-6-20-16(9-15)7-8-26-20;/h2-6,9-10,17,19,22H,7-8,11-12H2,1H3,(H,23,25);1H. The fourth-order valence-electron chi connectivity index (χ4n) is 3.62. The van der Waals surface area contributed by atoms with Gasteiger partial charge in [-0.15, -0.1) is 12.4 Å². The highest BCUT2D eigenvalue weighted by Gasteiger charge is 2.31. The van der Waals surface area contributed by atoms with Gasteiger partial charge in [-0.05, 0) is 54.3 Å². The first-order chi connectivity index (χ1) is 12.6. The molecule has 0 radical (unpaired) electrons. The molecule has 2 N–H and O–H groups in total. The van der Waals surface area contributed by atoms with Crippen molar-refractivity contribution >= 4 is 29.8 Å². The first-order valence-electron chi connectivity index (χ1n) is 9.01. The molecular weight excluding hydrogens is 364 g/mol. The van der Waals surface area contributed by atoms with Crippen molar-refractivity contribution in [3.8, 4) is 16.9 Å². The minimum absolute atomic E-state index is 0. The van der Waals surface area contributed by atoms with Crippen molar-refractivity contribution < 1.29 is 14.3 Å². The lowest BCUT2D eigenvalue weighted by Crippen LogP contribution is -2.35. The highest BCUT2D eigenvalue weighted by atomic mass is 35.5. The highest BCUT2D eigenvalue weighted by Crippen LogP contribution is 2.31. The summed E-state index contributed by atoms with van der Waals surface area (Å²) in [6, 6.07) is 13.7. The molecule has 2 aromatic carbocycles. The number of hydrogen-bond acceptors (Lipinski definition) is 4. The number of hydrogen-bond donors (Lipinski definition) is 2. The molecule has 5 nitrogen and oxygen atoms in total. The fourth-order valence-corrected chi connectivity index (χ4v) is 3.62. The van der Waals surface area contributed by atoms with Gasteiger partial charge in [0.05, 0.1) is 12.6 Å². The molecule has 2 atom stereocenters. The number of ketones is 1. The summed E-state index contributed by atoms with van der Waals surface area (Å²) < 4.78 is 5.56. The summed E-state index contributed by atoms with van der Waals surface area (Å²) in [7, 11) is 0. The number of anilines is 1. The van der Waals surface area contributed by atoms with E-state index in [1.165, 1.54) is 5.56 Å². The van der Waals surface area contributed by atoms with Gasteiger partial charge in [0.2, 0.25) is 5.91 Å². The third-order valence-corrected chi connectivity index (χ3v) is 5.18. The van der Waals surface area contributed by atoms with Crippen LogP contribution in [0.25, 0.3) is 11.1 Å². The molecule has 1 fully saturated rings. The fraction of sp³-hybridized carbons (Fsp3) is 0.333. The molecule has 4 rings (SSSR count). The molecule has 0 aromatic heterocycles. The van der Waals surface area contributed by atoms with E-state index in [4.69, 9.17) is 4.74 Å². The third kappa shape index (κ3) is 4.15. The summed E-state index contributed by atoms with van der Waals surface area (Å²) in [5, 5.41) is 6.10. The average Bonchev–Trinajstić information content (AvgIpc) is 3.31. The predicted octanol–water partition coefficient (Wildman–Crippen LogP) is 3.22.